The lowest BCUT2D eigenvalue weighted by atomic mass is 9.90. The van der Waals surface area contributed by atoms with E-state index in [0.29, 0.717) is 11.6 Å². The van der Waals surface area contributed by atoms with Crippen LogP contribution in [0.25, 0.3) is 5.69 Å². The van der Waals surface area contributed by atoms with Crippen molar-refractivity contribution in [3.05, 3.63) is 41.2 Å². The Labute approximate surface area is 124 Å². The van der Waals surface area contributed by atoms with Crippen LogP contribution in [-0.2, 0) is 5.41 Å². The van der Waals surface area contributed by atoms with Crippen LogP contribution in [0.5, 0.6) is 0 Å². The molecule has 0 bridgehead atoms. The summed E-state index contributed by atoms with van der Waals surface area (Å²) in [6.45, 7) is 10.1. The Morgan fingerprint density at radius 3 is 2.19 bits per heavy atom. The molecular weight excluding hydrogens is 266 g/mol. The third-order valence-corrected chi connectivity index (χ3v) is 3.39. The Bertz CT molecular complexity index is 649. The topological polar surface area (TPSA) is 68.0 Å². The van der Waals surface area contributed by atoms with Gasteiger partial charge in [-0.3, -0.25) is 0 Å². The van der Waals surface area contributed by atoms with E-state index >= 15 is 0 Å². The van der Waals surface area contributed by atoms with Crippen molar-refractivity contribution in [3.8, 4) is 5.69 Å². The maximum Gasteiger partial charge on any atom is 0.358 e. The van der Waals surface area contributed by atoms with Gasteiger partial charge < -0.3 is 5.11 Å². The van der Waals surface area contributed by atoms with Crippen LogP contribution >= 0.6 is 0 Å². The molecule has 0 amide bonds. The fourth-order valence-corrected chi connectivity index (χ4v) is 2.28. The normalized spacial score (nSPS) is 11.9. The summed E-state index contributed by atoms with van der Waals surface area (Å²) in [7, 11) is 0. The molecule has 21 heavy (non-hydrogen) atoms. The summed E-state index contributed by atoms with van der Waals surface area (Å²) in [6.07, 6.45) is 0. The molecule has 0 aliphatic carbocycles. The van der Waals surface area contributed by atoms with Gasteiger partial charge in [0.15, 0.2) is 5.69 Å². The van der Waals surface area contributed by atoms with Crippen LogP contribution < -0.4 is 0 Å². The van der Waals surface area contributed by atoms with E-state index in [1.54, 1.807) is 4.68 Å². The molecule has 0 spiro atoms. The van der Waals surface area contributed by atoms with Gasteiger partial charge in [-0.25, -0.2) is 9.48 Å². The zero-order valence-electron chi connectivity index (χ0n) is 13.1. The molecule has 2 rings (SSSR count). The molecule has 0 saturated carbocycles. The first-order valence-corrected chi connectivity index (χ1v) is 7.01. The van der Waals surface area contributed by atoms with Crippen molar-refractivity contribution in [2.45, 2.75) is 46.0 Å². The number of carbonyl (C=O) groups is 1. The van der Waals surface area contributed by atoms with E-state index in [1.807, 2.05) is 45.0 Å². The number of nitrogens with zero attached hydrogens (tertiary/aromatic N) is 3. The standard InChI is InChI=1S/C16H21N3O2/c1-10(2)11-6-8-12(9-7-11)19-14(16(3,4)5)13(15(20)21)17-18-19/h6-10H,1-5H3,(H,20,21). The lowest BCUT2D eigenvalue weighted by molar-refractivity contribution is 0.0687. The van der Waals surface area contributed by atoms with Crippen LogP contribution in [0.1, 0.15) is 62.3 Å². The van der Waals surface area contributed by atoms with Crippen molar-refractivity contribution in [3.63, 3.8) is 0 Å². The number of aromatic carboxylic acids is 1. The molecule has 0 atom stereocenters. The first kappa shape index (κ1) is 15.2. The van der Waals surface area contributed by atoms with Crippen LogP contribution in [0.15, 0.2) is 24.3 Å². The number of hydrogen-bond acceptors (Lipinski definition) is 3. The van der Waals surface area contributed by atoms with E-state index in [-0.39, 0.29) is 11.1 Å². The SMILES string of the molecule is CC(C)c1ccc(-n2nnc(C(=O)O)c2C(C)(C)C)cc1. The molecule has 112 valence electrons. The van der Waals surface area contributed by atoms with Gasteiger partial charge in [0.05, 0.1) is 11.4 Å². The van der Waals surface area contributed by atoms with Gasteiger partial charge in [-0.2, -0.15) is 0 Å². The van der Waals surface area contributed by atoms with Crippen LogP contribution in [0.3, 0.4) is 0 Å². The lowest BCUT2D eigenvalue weighted by Crippen LogP contribution is -2.21. The summed E-state index contributed by atoms with van der Waals surface area (Å²) >= 11 is 0. The minimum Gasteiger partial charge on any atom is -0.476 e. The smallest absolute Gasteiger partial charge is 0.358 e. The highest BCUT2D eigenvalue weighted by Crippen LogP contribution is 2.27. The molecule has 1 heterocycles. The monoisotopic (exact) mass is 287 g/mol. The fraction of sp³-hybridized carbons (Fsp3) is 0.438. The average molecular weight is 287 g/mol. The highest BCUT2D eigenvalue weighted by Gasteiger charge is 2.29. The molecule has 0 saturated heterocycles. The summed E-state index contributed by atoms with van der Waals surface area (Å²) in [4.78, 5) is 11.3. The molecule has 1 aromatic carbocycles. The van der Waals surface area contributed by atoms with Gasteiger partial charge >= 0.3 is 5.97 Å². The summed E-state index contributed by atoms with van der Waals surface area (Å²) < 4.78 is 1.62. The number of rotatable bonds is 3. The molecule has 2 aromatic rings. The Hall–Kier alpha value is -2.17. The average Bonchev–Trinajstić information content (AvgIpc) is 2.83. The van der Waals surface area contributed by atoms with Gasteiger partial charge in [-0.15, -0.1) is 5.10 Å². The Balaban J connectivity index is 2.56. The van der Waals surface area contributed by atoms with Crippen molar-refractivity contribution >= 4 is 5.97 Å². The zero-order chi connectivity index (χ0) is 15.8. The van der Waals surface area contributed by atoms with Gasteiger partial charge in [0.1, 0.15) is 0 Å². The highest BCUT2D eigenvalue weighted by molar-refractivity contribution is 5.87. The molecule has 1 aromatic heterocycles. The summed E-state index contributed by atoms with van der Waals surface area (Å²) in [5.41, 5.74) is 2.30. The van der Waals surface area contributed by atoms with Crippen molar-refractivity contribution in [1.82, 2.24) is 15.0 Å². The Morgan fingerprint density at radius 2 is 1.76 bits per heavy atom. The van der Waals surface area contributed by atoms with Gasteiger partial charge in [0.25, 0.3) is 0 Å². The second-order valence-electron chi connectivity index (χ2n) is 6.50. The lowest BCUT2D eigenvalue weighted by Gasteiger charge is -2.20. The maximum atomic E-state index is 11.3. The van der Waals surface area contributed by atoms with E-state index in [0.717, 1.165) is 5.69 Å². The van der Waals surface area contributed by atoms with Crippen LogP contribution in [-0.4, -0.2) is 26.1 Å². The molecule has 5 nitrogen and oxygen atoms in total. The van der Waals surface area contributed by atoms with Crippen LogP contribution in [0.2, 0.25) is 0 Å². The maximum absolute atomic E-state index is 11.3. The van der Waals surface area contributed by atoms with E-state index < -0.39 is 5.97 Å². The van der Waals surface area contributed by atoms with E-state index in [4.69, 9.17) is 0 Å². The number of aromatic nitrogens is 3. The van der Waals surface area contributed by atoms with Gasteiger partial charge in [-0.1, -0.05) is 52.0 Å². The molecule has 0 fully saturated rings. The molecule has 0 radical (unpaired) electrons. The summed E-state index contributed by atoms with van der Waals surface area (Å²) in [5.74, 6) is -0.601. The number of carboxylic acids is 1. The second kappa shape index (κ2) is 5.31. The van der Waals surface area contributed by atoms with Crippen molar-refractivity contribution in [1.29, 1.82) is 0 Å². The van der Waals surface area contributed by atoms with E-state index in [2.05, 4.69) is 24.2 Å². The molecule has 0 aliphatic heterocycles. The Kier molecular flexibility index (Phi) is 3.85. The van der Waals surface area contributed by atoms with E-state index in [9.17, 15) is 9.90 Å². The van der Waals surface area contributed by atoms with Crippen LogP contribution in [0, 0.1) is 0 Å². The quantitative estimate of drug-likeness (QED) is 0.939. The van der Waals surface area contributed by atoms with Crippen molar-refractivity contribution < 1.29 is 9.90 Å². The van der Waals surface area contributed by atoms with E-state index in [1.165, 1.54) is 5.56 Å². The van der Waals surface area contributed by atoms with Gasteiger partial charge in [0, 0.05) is 5.41 Å². The largest absolute Gasteiger partial charge is 0.476 e. The fourth-order valence-electron chi connectivity index (χ4n) is 2.28. The second-order valence-corrected chi connectivity index (χ2v) is 6.50. The minimum absolute atomic E-state index is 0.00966. The minimum atomic E-state index is -1.05. The predicted octanol–water partition coefficient (Wildman–Crippen LogP) is 3.39. The highest BCUT2D eigenvalue weighted by atomic mass is 16.4. The molecule has 0 aliphatic rings. The molecule has 5 heteroatoms. The van der Waals surface area contributed by atoms with Gasteiger partial charge in [0.2, 0.25) is 0 Å². The predicted molar refractivity (Wildman–Crippen MR) is 81.1 cm³/mol. The van der Waals surface area contributed by atoms with Crippen LogP contribution in [0.4, 0.5) is 0 Å². The zero-order valence-corrected chi connectivity index (χ0v) is 13.1. The van der Waals surface area contributed by atoms with Crippen molar-refractivity contribution in [2.75, 3.05) is 0 Å². The first-order chi connectivity index (χ1) is 9.71. The van der Waals surface area contributed by atoms with Crippen molar-refractivity contribution in [2.24, 2.45) is 0 Å². The molecule has 0 unspecified atom stereocenters. The Morgan fingerprint density at radius 1 is 1.19 bits per heavy atom. The van der Waals surface area contributed by atoms with Gasteiger partial charge in [-0.05, 0) is 23.6 Å². The number of carboxylic acid groups (broad SMARTS) is 1. The third-order valence-electron chi connectivity index (χ3n) is 3.39. The molecular formula is C16H21N3O2. The molecule has 1 N–H and O–H groups in total. The first-order valence-electron chi connectivity index (χ1n) is 7.01. The summed E-state index contributed by atoms with van der Waals surface area (Å²) in [5, 5.41) is 17.2. The summed E-state index contributed by atoms with van der Waals surface area (Å²) in [6, 6.07) is 7.97. The number of hydrogen-bond donors (Lipinski definition) is 1. The number of benzene rings is 1. The third kappa shape index (κ3) is 2.96.